The monoisotopic (exact) mass is 256 g/mol. The van der Waals surface area contributed by atoms with Crippen molar-refractivity contribution in [2.75, 3.05) is 20.1 Å². The number of hydrogen-bond acceptors (Lipinski definition) is 2. The molecule has 0 bridgehead atoms. The summed E-state index contributed by atoms with van der Waals surface area (Å²) in [5.41, 5.74) is -0.921. The highest BCUT2D eigenvalue weighted by atomic mass is 16.4. The predicted octanol–water partition coefficient (Wildman–Crippen LogP) is 1.88. The van der Waals surface area contributed by atoms with Gasteiger partial charge in [-0.05, 0) is 19.3 Å². The Morgan fingerprint density at radius 3 is 2.17 bits per heavy atom. The summed E-state index contributed by atoms with van der Waals surface area (Å²) in [7, 11) is 1.78. The second-order valence-electron chi connectivity index (χ2n) is 6.84. The minimum atomic E-state index is -0.913. The molecule has 0 radical (unpaired) electrons. The topological polar surface area (TPSA) is 60.9 Å². The molecule has 1 saturated heterocycles. The molecule has 0 aliphatic carbocycles. The van der Waals surface area contributed by atoms with Gasteiger partial charge in [0.05, 0.1) is 11.5 Å². The molecule has 1 unspecified atom stereocenters. The molecule has 0 aromatic carbocycles. The average Bonchev–Trinajstić information content (AvgIpc) is 2.44. The van der Waals surface area contributed by atoms with Crippen LogP contribution in [0.4, 0.5) is 4.79 Å². The Bertz CT molecular complexity index is 358. The normalized spacial score (nSPS) is 21.7. The number of hydrogen-bond donors (Lipinski definition) is 1. The van der Waals surface area contributed by atoms with E-state index in [2.05, 4.69) is 20.8 Å². The first-order valence-corrected chi connectivity index (χ1v) is 6.22. The number of carbonyl (C=O) groups is 2. The molecule has 5 heteroatoms. The first-order chi connectivity index (χ1) is 7.97. The number of aliphatic carboxylic acids is 1. The van der Waals surface area contributed by atoms with Crippen molar-refractivity contribution < 1.29 is 14.7 Å². The predicted molar refractivity (Wildman–Crippen MR) is 69.4 cm³/mol. The van der Waals surface area contributed by atoms with E-state index in [0.29, 0.717) is 6.54 Å². The van der Waals surface area contributed by atoms with Crippen LogP contribution in [-0.2, 0) is 4.79 Å². The lowest BCUT2D eigenvalue weighted by atomic mass is 9.86. The van der Waals surface area contributed by atoms with E-state index in [-0.39, 0.29) is 24.0 Å². The van der Waals surface area contributed by atoms with Crippen LogP contribution in [-0.4, -0.2) is 53.1 Å². The maximum atomic E-state index is 12.1. The maximum Gasteiger partial charge on any atom is 0.320 e. The Morgan fingerprint density at radius 1 is 1.33 bits per heavy atom. The first kappa shape index (κ1) is 14.8. The highest BCUT2D eigenvalue weighted by Crippen LogP contribution is 2.31. The van der Waals surface area contributed by atoms with Gasteiger partial charge in [0.25, 0.3) is 0 Å². The second kappa shape index (κ2) is 4.44. The van der Waals surface area contributed by atoms with Crippen LogP contribution in [0.25, 0.3) is 0 Å². The van der Waals surface area contributed by atoms with Gasteiger partial charge in [-0.3, -0.25) is 4.79 Å². The lowest BCUT2D eigenvalue weighted by molar-refractivity contribution is -0.147. The number of rotatable bonds is 3. The molecule has 1 heterocycles. The zero-order valence-electron chi connectivity index (χ0n) is 12.1. The molecule has 104 valence electrons. The van der Waals surface area contributed by atoms with Crippen LogP contribution in [0.5, 0.6) is 0 Å². The van der Waals surface area contributed by atoms with E-state index < -0.39 is 11.4 Å². The summed E-state index contributed by atoms with van der Waals surface area (Å²) in [6.45, 7) is 10.4. The van der Waals surface area contributed by atoms with Crippen LogP contribution < -0.4 is 0 Å². The Hall–Kier alpha value is -1.26. The highest BCUT2D eigenvalue weighted by Gasteiger charge is 2.43. The van der Waals surface area contributed by atoms with Crippen LogP contribution in [0, 0.1) is 10.8 Å². The summed E-state index contributed by atoms with van der Waals surface area (Å²) in [5.74, 6) is -0.878. The van der Waals surface area contributed by atoms with Gasteiger partial charge in [-0.25, -0.2) is 4.79 Å². The van der Waals surface area contributed by atoms with Gasteiger partial charge in [0.1, 0.15) is 0 Å². The summed E-state index contributed by atoms with van der Waals surface area (Å²) in [6.07, 6.45) is 0. The van der Waals surface area contributed by atoms with Crippen LogP contribution in [0.3, 0.4) is 0 Å². The van der Waals surface area contributed by atoms with Crippen molar-refractivity contribution in [1.29, 1.82) is 0 Å². The molecule has 0 saturated carbocycles. The number of nitrogens with zero attached hydrogens (tertiary/aromatic N) is 2. The van der Waals surface area contributed by atoms with Gasteiger partial charge in [-0.15, -0.1) is 0 Å². The molecule has 1 atom stereocenters. The molecule has 1 rings (SSSR count). The average molecular weight is 256 g/mol. The van der Waals surface area contributed by atoms with E-state index in [1.807, 2.05) is 0 Å². The molecule has 1 N–H and O–H groups in total. The van der Waals surface area contributed by atoms with E-state index in [1.165, 1.54) is 0 Å². The third-order valence-electron chi connectivity index (χ3n) is 3.60. The largest absolute Gasteiger partial charge is 0.481 e. The fourth-order valence-electron chi connectivity index (χ4n) is 2.30. The molecule has 0 aromatic rings. The van der Waals surface area contributed by atoms with E-state index >= 15 is 0 Å². The van der Waals surface area contributed by atoms with Gasteiger partial charge < -0.3 is 14.9 Å². The molecule has 1 aliphatic heterocycles. The number of carbonyl (C=O) groups excluding carboxylic acids is 1. The number of amides is 2. The summed E-state index contributed by atoms with van der Waals surface area (Å²) in [6, 6.07) is 0.0406. The van der Waals surface area contributed by atoms with Crippen molar-refractivity contribution in [1.82, 2.24) is 9.80 Å². The van der Waals surface area contributed by atoms with Crippen LogP contribution >= 0.6 is 0 Å². The molecule has 1 aliphatic rings. The first-order valence-electron chi connectivity index (χ1n) is 6.22. The van der Waals surface area contributed by atoms with E-state index in [9.17, 15) is 9.59 Å². The molecule has 1 fully saturated rings. The van der Waals surface area contributed by atoms with Gasteiger partial charge in [-0.2, -0.15) is 0 Å². The zero-order valence-corrected chi connectivity index (χ0v) is 12.1. The third-order valence-corrected chi connectivity index (χ3v) is 3.60. The Kier molecular flexibility index (Phi) is 3.65. The Balaban J connectivity index is 2.83. The summed E-state index contributed by atoms with van der Waals surface area (Å²) < 4.78 is 0. The van der Waals surface area contributed by atoms with E-state index in [0.717, 1.165) is 0 Å². The van der Waals surface area contributed by atoms with Crippen molar-refractivity contribution in [3.63, 3.8) is 0 Å². The minimum absolute atomic E-state index is 0.00741. The highest BCUT2D eigenvalue weighted by molar-refractivity contribution is 5.79. The Morgan fingerprint density at radius 2 is 1.83 bits per heavy atom. The van der Waals surface area contributed by atoms with E-state index in [1.54, 1.807) is 30.7 Å². The van der Waals surface area contributed by atoms with Crippen molar-refractivity contribution in [2.45, 2.75) is 40.7 Å². The Labute approximate surface area is 109 Å². The lowest BCUT2D eigenvalue weighted by Crippen LogP contribution is -2.41. The van der Waals surface area contributed by atoms with Gasteiger partial charge >= 0.3 is 12.0 Å². The molecule has 5 nitrogen and oxygen atoms in total. The van der Waals surface area contributed by atoms with Gasteiger partial charge in [0, 0.05) is 20.1 Å². The van der Waals surface area contributed by atoms with Crippen molar-refractivity contribution in [3.05, 3.63) is 0 Å². The maximum absolute atomic E-state index is 12.1. The minimum Gasteiger partial charge on any atom is -0.481 e. The van der Waals surface area contributed by atoms with Gasteiger partial charge in [0.15, 0.2) is 0 Å². The molecular weight excluding hydrogens is 232 g/mol. The number of carboxylic acids is 1. The molecule has 2 amide bonds. The molecular formula is C13H24N2O3. The number of likely N-dealkylation sites (N-methyl/N-ethyl adjacent to an activating group) is 1. The summed E-state index contributed by atoms with van der Waals surface area (Å²) >= 11 is 0. The van der Waals surface area contributed by atoms with Crippen LogP contribution in [0.15, 0.2) is 0 Å². The fourth-order valence-corrected chi connectivity index (χ4v) is 2.30. The standard InChI is InChI=1S/C13H24N2O3/c1-12(2,3)9-7-15(11(18)14(9)6)8-13(4,5)10(16)17/h9H,7-8H2,1-6H3,(H,16,17). The summed E-state index contributed by atoms with van der Waals surface area (Å²) in [4.78, 5) is 26.6. The molecule has 0 spiro atoms. The SMILES string of the molecule is CN1C(=O)N(CC(C)(C)C(=O)O)CC1C(C)(C)C. The zero-order chi connectivity index (χ0) is 14.3. The van der Waals surface area contributed by atoms with Crippen molar-refractivity contribution in [2.24, 2.45) is 10.8 Å². The van der Waals surface area contributed by atoms with Gasteiger partial charge in [0.2, 0.25) is 0 Å². The quantitative estimate of drug-likeness (QED) is 0.838. The number of urea groups is 1. The second-order valence-corrected chi connectivity index (χ2v) is 6.84. The van der Waals surface area contributed by atoms with Crippen LogP contribution in [0.1, 0.15) is 34.6 Å². The molecule has 18 heavy (non-hydrogen) atoms. The van der Waals surface area contributed by atoms with Gasteiger partial charge in [-0.1, -0.05) is 20.8 Å². The fraction of sp³-hybridized carbons (Fsp3) is 0.846. The van der Waals surface area contributed by atoms with Crippen molar-refractivity contribution >= 4 is 12.0 Å². The van der Waals surface area contributed by atoms with Crippen molar-refractivity contribution in [3.8, 4) is 0 Å². The van der Waals surface area contributed by atoms with E-state index in [4.69, 9.17) is 5.11 Å². The van der Waals surface area contributed by atoms with Crippen LogP contribution in [0.2, 0.25) is 0 Å². The number of carboxylic acid groups (broad SMARTS) is 1. The summed E-state index contributed by atoms with van der Waals surface area (Å²) in [5, 5.41) is 9.13. The lowest BCUT2D eigenvalue weighted by Gasteiger charge is -2.31. The third kappa shape index (κ3) is 2.76. The smallest absolute Gasteiger partial charge is 0.320 e. The molecule has 0 aromatic heterocycles.